The number of nitrogens with two attached hydrogens (primary N) is 7. The summed E-state index contributed by atoms with van der Waals surface area (Å²) in [5, 5.41) is 52.3. The summed E-state index contributed by atoms with van der Waals surface area (Å²) in [6.07, 6.45) is -0.0368. The van der Waals surface area contributed by atoms with Gasteiger partial charge in [0.15, 0.2) is 11.9 Å². The van der Waals surface area contributed by atoms with Gasteiger partial charge in [-0.1, -0.05) is 48.5 Å². The number of amides is 14. The third kappa shape index (κ3) is 34.8. The fourth-order valence-electron chi connectivity index (χ4n) is 9.00. The number of hydrogen-bond acceptors (Lipinski definition) is 20. The van der Waals surface area contributed by atoms with Gasteiger partial charge < -0.3 is 119 Å². The highest BCUT2D eigenvalue weighted by Crippen LogP contribution is 2.10. The molecule has 2 aromatic rings. The van der Waals surface area contributed by atoms with Crippen LogP contribution in [0.5, 0.6) is 0 Å². The number of nitrogens with zero attached hydrogens (tertiary/aromatic N) is 2. The molecule has 0 bridgehead atoms. The molecule has 0 aliphatic carbocycles. The fraction of sp³-hybridized carbons (Fsp3) is 0.541. The maximum Gasteiger partial charge on any atom is 0.251 e. The summed E-state index contributed by atoms with van der Waals surface area (Å²) in [4.78, 5) is 193. The second-order valence-electron chi connectivity index (χ2n) is 22.7. The van der Waals surface area contributed by atoms with Crippen molar-refractivity contribution in [3.05, 3.63) is 71.8 Å². The van der Waals surface area contributed by atoms with Crippen molar-refractivity contribution < 1.29 is 77.3 Å². The van der Waals surface area contributed by atoms with E-state index in [0.29, 0.717) is 36.9 Å². The highest BCUT2D eigenvalue weighted by molar-refractivity contribution is 6.00. The number of carbonyl (C=O) groups excluding carboxylic acids is 14. The molecule has 0 fully saturated rings. The quantitative estimate of drug-likeness (QED) is 0.0166. The second kappa shape index (κ2) is 46.5. The number of guanidine groups is 2. The lowest BCUT2D eigenvalue weighted by Gasteiger charge is -2.26. The molecule has 0 saturated carbocycles. The lowest BCUT2D eigenvalue weighted by molar-refractivity contribution is -0.136. The van der Waals surface area contributed by atoms with Gasteiger partial charge in [-0.05, 0) is 116 Å². The Morgan fingerprint density at radius 1 is 0.404 bits per heavy atom. The van der Waals surface area contributed by atoms with Crippen molar-refractivity contribution in [1.29, 1.82) is 0 Å². The second-order valence-corrected chi connectivity index (χ2v) is 22.7. The standard InChI is InChI=1S/C61H98N22O16/c1-34(75-47(88)32-74-59(99)49(36(3)85)83-57(97)43(28-37-16-6-4-7-17-37)77-48(89)31-72-45(86)29-71-46(87)30-73-53(93)38-18-8-5-9-19-38)51(91)79-42(23-15-27-70-61(67)68)55(95)81-40(21-11-13-25-63)56(96)82-44(33-84)58(98)76-35(2)52(92)80-41(22-14-26-69-60(65)66)54(94)78-39(50(64)90)20-10-12-24-62/h4-9,16-19,34-36,39-44,49,84-85H,10-15,20-33,62-63H2,1-3H3,(H2,64,90)(H,71,87)(H,72,86)(H,73,93)(H,74,99)(H,75,88)(H,76,98)(H,77,89)(H,78,94)(H,79,91)(H,80,92)(H,81,95)(H,82,96)(H,83,97)(H4,65,66,69)(H4,67,68,70)/t34-,35-,36+,39-,40-,41-,42-,43-,44-,49-/m0/s1. The predicted octanol–water partition coefficient (Wildman–Crippen LogP) is -9.37. The van der Waals surface area contributed by atoms with Gasteiger partial charge in [0.05, 0.1) is 38.9 Å². The van der Waals surface area contributed by atoms with E-state index in [2.05, 4.69) is 79.1 Å². The summed E-state index contributed by atoms with van der Waals surface area (Å²) in [5.74, 6) is -12.9. The topological polar surface area (TPSA) is 643 Å². The van der Waals surface area contributed by atoms with Crippen LogP contribution in [0.4, 0.5) is 0 Å². The molecule has 99 heavy (non-hydrogen) atoms. The van der Waals surface area contributed by atoms with Crippen LogP contribution >= 0.6 is 0 Å². The van der Waals surface area contributed by atoms with Crippen LogP contribution in [0.15, 0.2) is 70.6 Å². The van der Waals surface area contributed by atoms with Crippen molar-refractivity contribution in [3.8, 4) is 0 Å². The zero-order chi connectivity index (χ0) is 74.0. The zero-order valence-electron chi connectivity index (χ0n) is 55.7. The SMILES string of the molecule is C[C@H](NC(=O)CNC(=O)[C@@H](NC(=O)[C@H](Cc1ccccc1)NC(=O)CNC(=O)CNC(=O)CNC(=O)c1ccccc1)[C@@H](C)O)C(=O)N[C@@H](CCCN=C(N)N)C(=O)N[C@@H](CCCCN)C(=O)N[C@@H](CO)C(=O)N[C@@H](C)C(=O)N[C@@H](CCCN=C(N)N)C(=O)N[C@@H](CCCCN)C(N)=O. The Kier molecular flexibility index (Phi) is 39.7. The minimum absolute atomic E-state index is 0.0300. The van der Waals surface area contributed by atoms with Gasteiger partial charge in [0.25, 0.3) is 5.91 Å². The minimum Gasteiger partial charge on any atom is -0.394 e. The van der Waals surface area contributed by atoms with Gasteiger partial charge in [-0.3, -0.25) is 77.1 Å². The Balaban J connectivity index is 2.16. The maximum absolute atomic E-state index is 14.1. The average molecular weight is 1400 g/mol. The number of aliphatic hydroxyl groups is 2. The smallest absolute Gasteiger partial charge is 0.251 e. The highest BCUT2D eigenvalue weighted by Gasteiger charge is 2.34. The number of nitrogens with one attached hydrogen (secondary N) is 13. The first kappa shape index (κ1) is 84.5. The van der Waals surface area contributed by atoms with Crippen molar-refractivity contribution in [2.24, 2.45) is 50.1 Å². The van der Waals surface area contributed by atoms with E-state index in [1.54, 1.807) is 60.7 Å². The van der Waals surface area contributed by atoms with Crippen molar-refractivity contribution in [3.63, 3.8) is 0 Å². The summed E-state index contributed by atoms with van der Waals surface area (Å²) < 4.78 is 0. The van der Waals surface area contributed by atoms with E-state index in [1.807, 2.05) is 0 Å². The van der Waals surface area contributed by atoms with E-state index in [1.165, 1.54) is 13.8 Å². The van der Waals surface area contributed by atoms with Crippen LogP contribution < -0.4 is 109 Å². The molecule has 38 nitrogen and oxygen atoms in total. The van der Waals surface area contributed by atoms with Gasteiger partial charge in [-0.2, -0.15) is 0 Å². The molecule has 0 aliphatic heterocycles. The van der Waals surface area contributed by atoms with Crippen molar-refractivity contribution in [1.82, 2.24) is 69.1 Å². The fourth-order valence-corrected chi connectivity index (χ4v) is 9.00. The molecule has 548 valence electrons. The number of primary amides is 1. The molecule has 0 radical (unpaired) electrons. The molecule has 38 heteroatoms. The van der Waals surface area contributed by atoms with Crippen LogP contribution in [0.1, 0.15) is 101 Å². The van der Waals surface area contributed by atoms with Crippen molar-refractivity contribution >= 4 is 94.6 Å². The first-order valence-electron chi connectivity index (χ1n) is 32.0. The first-order valence-corrected chi connectivity index (χ1v) is 32.0. The van der Waals surface area contributed by atoms with Gasteiger partial charge >= 0.3 is 0 Å². The summed E-state index contributed by atoms with van der Waals surface area (Å²) in [5.41, 5.74) is 39.5. The Hall–Kier alpha value is -10.6. The lowest BCUT2D eigenvalue weighted by atomic mass is 10.0. The molecule has 0 heterocycles. The van der Waals surface area contributed by atoms with Crippen LogP contribution in [-0.2, 0) is 68.7 Å². The molecule has 29 N–H and O–H groups in total. The molecule has 2 rings (SSSR count). The van der Waals surface area contributed by atoms with E-state index in [4.69, 9.17) is 40.1 Å². The van der Waals surface area contributed by atoms with Gasteiger partial charge in [-0.25, -0.2) is 0 Å². The molecule has 0 unspecified atom stereocenters. The molecule has 0 aromatic heterocycles. The maximum atomic E-state index is 14.1. The molecule has 0 spiro atoms. The average Bonchev–Trinajstić information content (AvgIpc) is 0.949. The highest BCUT2D eigenvalue weighted by atomic mass is 16.3. The summed E-state index contributed by atoms with van der Waals surface area (Å²) >= 11 is 0. The number of carbonyl (C=O) groups is 14. The van der Waals surface area contributed by atoms with Gasteiger partial charge in [-0.15, -0.1) is 0 Å². The lowest BCUT2D eigenvalue weighted by Crippen LogP contribution is -2.60. The van der Waals surface area contributed by atoms with E-state index in [0.717, 1.165) is 6.92 Å². The molecular weight excluding hydrogens is 1300 g/mol. The predicted molar refractivity (Wildman–Crippen MR) is 360 cm³/mol. The van der Waals surface area contributed by atoms with Crippen LogP contribution in [0.2, 0.25) is 0 Å². The van der Waals surface area contributed by atoms with E-state index in [9.17, 15) is 77.3 Å². The van der Waals surface area contributed by atoms with Gasteiger partial charge in [0, 0.05) is 25.1 Å². The van der Waals surface area contributed by atoms with Crippen molar-refractivity contribution in [2.75, 3.05) is 59.0 Å². The molecular formula is C61H98N22O16. The number of benzene rings is 2. The molecule has 0 saturated heterocycles. The van der Waals surface area contributed by atoms with Gasteiger partial charge in [0.1, 0.15) is 54.4 Å². The Labute approximate surface area is 572 Å². The zero-order valence-corrected chi connectivity index (χ0v) is 55.7. The Bertz CT molecular complexity index is 3060. The van der Waals surface area contributed by atoms with Crippen LogP contribution in [0.3, 0.4) is 0 Å². The molecule has 14 amide bonds. The summed E-state index contributed by atoms with van der Waals surface area (Å²) in [6, 6.07) is 3.37. The Morgan fingerprint density at radius 3 is 1.27 bits per heavy atom. The number of hydrogen-bond donors (Lipinski definition) is 22. The van der Waals surface area contributed by atoms with Crippen LogP contribution in [-0.4, -0.2) is 224 Å². The number of rotatable bonds is 47. The number of aliphatic hydroxyl groups excluding tert-OH is 2. The summed E-state index contributed by atoms with van der Waals surface area (Å²) in [7, 11) is 0. The molecule has 2 aromatic carbocycles. The van der Waals surface area contributed by atoms with E-state index >= 15 is 0 Å². The minimum atomic E-state index is -1.74. The van der Waals surface area contributed by atoms with Gasteiger partial charge in [0.2, 0.25) is 76.8 Å². The largest absolute Gasteiger partial charge is 0.394 e. The van der Waals surface area contributed by atoms with E-state index < -0.39 is 176 Å². The Morgan fingerprint density at radius 2 is 0.798 bits per heavy atom. The van der Waals surface area contributed by atoms with Crippen LogP contribution in [0.25, 0.3) is 0 Å². The number of unbranched alkanes of at least 4 members (excludes halogenated alkanes) is 2. The number of aliphatic imine (C=N–C) groups is 2. The molecule has 0 aliphatic rings. The van der Waals surface area contributed by atoms with Crippen LogP contribution in [0, 0.1) is 0 Å². The first-order chi connectivity index (χ1) is 47.0. The van der Waals surface area contributed by atoms with E-state index in [-0.39, 0.29) is 82.9 Å². The normalized spacial score (nSPS) is 13.8. The monoisotopic (exact) mass is 1390 g/mol. The molecule has 10 atom stereocenters. The third-order valence-electron chi connectivity index (χ3n) is 14.4. The summed E-state index contributed by atoms with van der Waals surface area (Å²) in [6.45, 7) is 0.637. The third-order valence-corrected chi connectivity index (χ3v) is 14.4. The van der Waals surface area contributed by atoms with Crippen molar-refractivity contribution in [2.45, 2.75) is 152 Å².